The molecule has 8 nitrogen and oxygen atoms in total. The molecule has 1 aromatic heterocycles. The van der Waals surface area contributed by atoms with E-state index >= 15 is 0 Å². The van der Waals surface area contributed by atoms with E-state index < -0.39 is 35.4 Å². The van der Waals surface area contributed by atoms with E-state index in [0.29, 0.717) is 5.69 Å². The van der Waals surface area contributed by atoms with Crippen molar-refractivity contribution in [2.75, 3.05) is 25.5 Å². The number of anilines is 1. The van der Waals surface area contributed by atoms with Gasteiger partial charge >= 0.3 is 0 Å². The van der Waals surface area contributed by atoms with Gasteiger partial charge in [0.15, 0.2) is 0 Å². The highest BCUT2D eigenvalue weighted by Gasteiger charge is 2.39. The summed E-state index contributed by atoms with van der Waals surface area (Å²) in [5, 5.41) is 12.3. The molecule has 1 aliphatic heterocycles. The lowest BCUT2D eigenvalue weighted by molar-refractivity contribution is -0.131. The molecule has 0 aliphatic carbocycles. The molecule has 2 N–H and O–H groups in total. The quantitative estimate of drug-likeness (QED) is 0.534. The summed E-state index contributed by atoms with van der Waals surface area (Å²) in [6, 6.07) is 13.2. The van der Waals surface area contributed by atoms with Crippen LogP contribution >= 0.6 is 0 Å². The fourth-order valence-electron chi connectivity index (χ4n) is 4.04. The minimum Gasteiger partial charge on any atom is -0.350 e. The fourth-order valence-corrected chi connectivity index (χ4v) is 4.04. The van der Waals surface area contributed by atoms with Crippen LogP contribution in [0.2, 0.25) is 0 Å². The summed E-state index contributed by atoms with van der Waals surface area (Å²) in [5.41, 5.74) is 0.732. The summed E-state index contributed by atoms with van der Waals surface area (Å²) >= 11 is 0. The van der Waals surface area contributed by atoms with E-state index in [2.05, 4.69) is 24.1 Å². The van der Waals surface area contributed by atoms with Crippen molar-refractivity contribution in [1.82, 2.24) is 14.8 Å². The number of aromatic nitrogens is 1. The minimum atomic E-state index is -0.808. The van der Waals surface area contributed by atoms with E-state index in [9.17, 15) is 28.4 Å². The Balaban J connectivity index is 0.00000121. The first-order valence-corrected chi connectivity index (χ1v) is 12.0. The van der Waals surface area contributed by atoms with Crippen LogP contribution in [-0.2, 0) is 9.59 Å². The monoisotopic (exact) mass is 509 g/mol. The summed E-state index contributed by atoms with van der Waals surface area (Å²) in [4.78, 5) is 43.3. The summed E-state index contributed by atoms with van der Waals surface area (Å²) in [7, 11) is 1.39. The van der Waals surface area contributed by atoms with Crippen molar-refractivity contribution < 1.29 is 23.2 Å². The first-order chi connectivity index (χ1) is 17.7. The number of halogens is 2. The van der Waals surface area contributed by atoms with E-state index in [1.54, 1.807) is 24.3 Å². The van der Waals surface area contributed by atoms with E-state index in [1.807, 2.05) is 12.1 Å². The van der Waals surface area contributed by atoms with Crippen LogP contribution in [0.4, 0.5) is 14.5 Å². The predicted molar refractivity (Wildman–Crippen MR) is 135 cm³/mol. The lowest BCUT2D eigenvalue weighted by atomic mass is 10.1. The zero-order valence-corrected chi connectivity index (χ0v) is 20.9. The maximum Gasteiger partial charge on any atom is 0.270 e. The van der Waals surface area contributed by atoms with Crippen molar-refractivity contribution in [2.45, 2.75) is 32.7 Å². The van der Waals surface area contributed by atoms with Gasteiger partial charge in [0.05, 0.1) is 24.0 Å². The lowest BCUT2D eigenvalue weighted by Crippen LogP contribution is -2.43. The first kappa shape index (κ1) is 27.3. The van der Waals surface area contributed by atoms with Crippen LogP contribution in [0.5, 0.6) is 0 Å². The highest BCUT2D eigenvalue weighted by Crippen LogP contribution is 2.25. The molecular formula is C27H29F2N5O3. The number of amides is 3. The van der Waals surface area contributed by atoms with Gasteiger partial charge in [-0.3, -0.25) is 14.4 Å². The average Bonchev–Trinajstić information content (AvgIpc) is 3.49. The second kappa shape index (κ2) is 12.1. The number of aromatic amines is 1. The topological polar surface area (TPSA) is 109 Å². The molecule has 2 unspecified atom stereocenters. The summed E-state index contributed by atoms with van der Waals surface area (Å²) in [5.74, 6) is -3.55. The number of carbonyl (C=O) groups excluding carboxylic acids is 3. The Bertz CT molecular complexity index is 1320. The number of carbonyl (C=O) groups is 3. The van der Waals surface area contributed by atoms with Gasteiger partial charge in [-0.2, -0.15) is 5.26 Å². The highest BCUT2D eigenvalue weighted by molar-refractivity contribution is 6.00. The molecule has 1 saturated heterocycles. The van der Waals surface area contributed by atoms with Crippen LogP contribution in [0.25, 0.3) is 10.9 Å². The van der Waals surface area contributed by atoms with Gasteiger partial charge in [-0.1, -0.05) is 38.5 Å². The molecule has 2 aromatic carbocycles. The molecule has 2 heterocycles. The second-order valence-electron chi connectivity index (χ2n) is 8.88. The molecule has 2 atom stereocenters. The van der Waals surface area contributed by atoms with Crippen LogP contribution < -0.4 is 5.32 Å². The number of nitrogens with one attached hydrogen (secondary N) is 2. The third-order valence-corrected chi connectivity index (χ3v) is 5.78. The number of benzene rings is 2. The molecule has 10 heteroatoms. The normalized spacial score (nSPS) is 16.5. The van der Waals surface area contributed by atoms with Crippen LogP contribution in [0.3, 0.4) is 0 Å². The number of rotatable bonds is 5. The zero-order chi connectivity index (χ0) is 27.1. The highest BCUT2D eigenvalue weighted by atomic mass is 19.1. The molecular weight excluding hydrogens is 480 g/mol. The van der Waals surface area contributed by atoms with Gasteiger partial charge < -0.3 is 20.1 Å². The van der Waals surface area contributed by atoms with Gasteiger partial charge in [-0.05, 0) is 30.7 Å². The zero-order valence-electron chi connectivity index (χ0n) is 20.9. The lowest BCUT2D eigenvalue weighted by Gasteiger charge is -2.23. The van der Waals surface area contributed by atoms with Crippen LogP contribution in [0, 0.1) is 28.9 Å². The molecule has 4 rings (SSSR count). The predicted octanol–water partition coefficient (Wildman–Crippen LogP) is 4.31. The molecule has 0 bridgehead atoms. The van der Waals surface area contributed by atoms with Crippen molar-refractivity contribution in [3.63, 3.8) is 0 Å². The van der Waals surface area contributed by atoms with Gasteiger partial charge in [0.1, 0.15) is 23.4 Å². The van der Waals surface area contributed by atoms with E-state index in [0.717, 1.165) is 17.0 Å². The standard InChI is InChI=1S/C24H21F2N5O3.C3H8/c1-30(24(34)21-10-18-19(26)8-15(25)9-20(18)29-21)13-22(32)31-12-14(7-17(31)11-27)23(33)28-16-5-3-2-4-6-16;1-3-2/h2-6,8-10,14,17,29H,7,12-13H2,1H3,(H,28,33);3H2,1-2H3. The maximum absolute atomic E-state index is 14.0. The van der Waals surface area contributed by atoms with Crippen molar-refractivity contribution >= 4 is 34.3 Å². The Morgan fingerprint density at radius 3 is 2.49 bits per heavy atom. The van der Waals surface area contributed by atoms with Gasteiger partial charge in [0.25, 0.3) is 5.91 Å². The van der Waals surface area contributed by atoms with Gasteiger partial charge in [0.2, 0.25) is 11.8 Å². The molecule has 1 aliphatic rings. The van der Waals surface area contributed by atoms with Crippen molar-refractivity contribution in [3.8, 4) is 6.07 Å². The number of hydrogen-bond acceptors (Lipinski definition) is 4. The fraction of sp³-hybridized carbons (Fsp3) is 0.333. The number of para-hydroxylation sites is 1. The second-order valence-corrected chi connectivity index (χ2v) is 8.88. The Kier molecular flexibility index (Phi) is 8.95. The average molecular weight is 510 g/mol. The molecule has 3 amide bonds. The number of hydrogen-bond donors (Lipinski definition) is 2. The Morgan fingerprint density at radius 2 is 1.84 bits per heavy atom. The van der Waals surface area contributed by atoms with E-state index in [-0.39, 0.29) is 42.0 Å². The van der Waals surface area contributed by atoms with E-state index in [1.165, 1.54) is 24.4 Å². The maximum atomic E-state index is 14.0. The van der Waals surface area contributed by atoms with Crippen molar-refractivity contribution in [2.24, 2.45) is 5.92 Å². The summed E-state index contributed by atoms with van der Waals surface area (Å²) in [6.45, 7) is 3.95. The number of likely N-dealkylation sites (N-methyl/N-ethyl adjacent to an activating group) is 1. The summed E-state index contributed by atoms with van der Waals surface area (Å²) < 4.78 is 27.4. The molecule has 37 heavy (non-hydrogen) atoms. The smallest absolute Gasteiger partial charge is 0.270 e. The van der Waals surface area contributed by atoms with Gasteiger partial charge in [-0.25, -0.2) is 8.78 Å². The number of nitrogens with zero attached hydrogens (tertiary/aromatic N) is 3. The van der Waals surface area contributed by atoms with E-state index in [4.69, 9.17) is 0 Å². The van der Waals surface area contributed by atoms with Crippen molar-refractivity contribution in [1.29, 1.82) is 5.26 Å². The largest absolute Gasteiger partial charge is 0.350 e. The first-order valence-electron chi connectivity index (χ1n) is 12.0. The summed E-state index contributed by atoms with van der Waals surface area (Å²) in [6.07, 6.45) is 1.44. The van der Waals surface area contributed by atoms with Gasteiger partial charge in [-0.15, -0.1) is 0 Å². The van der Waals surface area contributed by atoms with Crippen LogP contribution in [-0.4, -0.2) is 58.7 Å². The van der Waals surface area contributed by atoms with Crippen molar-refractivity contribution in [3.05, 3.63) is 65.9 Å². The number of H-pyrrole nitrogens is 1. The van der Waals surface area contributed by atoms with Crippen LogP contribution in [0.15, 0.2) is 48.5 Å². The third kappa shape index (κ3) is 6.50. The SMILES string of the molecule is CCC.CN(CC(=O)N1CC(C(=O)Nc2ccccc2)CC1C#N)C(=O)c1cc2c(F)cc(F)cc2[nH]1. The molecule has 0 spiro atoms. The Hall–Kier alpha value is -4.26. The number of nitriles is 1. The van der Waals surface area contributed by atoms with Gasteiger partial charge in [0, 0.05) is 30.7 Å². The third-order valence-electron chi connectivity index (χ3n) is 5.78. The molecule has 3 aromatic rings. The van der Waals surface area contributed by atoms with Crippen LogP contribution in [0.1, 0.15) is 37.2 Å². The number of fused-ring (bicyclic) bond motifs is 1. The number of likely N-dealkylation sites (tertiary alicyclic amines) is 1. The Morgan fingerprint density at radius 1 is 1.16 bits per heavy atom. The molecule has 0 saturated carbocycles. The Labute approximate surface area is 213 Å². The molecule has 194 valence electrons. The molecule has 1 fully saturated rings. The molecule has 0 radical (unpaired) electrons. The minimum absolute atomic E-state index is 0.00632.